The van der Waals surface area contributed by atoms with Crippen LogP contribution in [-0.2, 0) is 11.2 Å². The minimum Gasteiger partial charge on any atom is -0.492 e. The lowest BCUT2D eigenvalue weighted by Gasteiger charge is -2.26. The van der Waals surface area contributed by atoms with Crippen LogP contribution >= 0.6 is 11.6 Å². The molecule has 132 valence electrons. The second-order valence-electron chi connectivity index (χ2n) is 6.97. The summed E-state index contributed by atoms with van der Waals surface area (Å²) >= 11 is 6.30. The molecule has 0 radical (unpaired) electrons. The molecule has 0 aliphatic heterocycles. The van der Waals surface area contributed by atoms with Crippen LogP contribution in [0.5, 0.6) is 5.75 Å². The van der Waals surface area contributed by atoms with Gasteiger partial charge in [-0.15, -0.1) is 0 Å². The van der Waals surface area contributed by atoms with Gasteiger partial charge in [-0.05, 0) is 47.7 Å². The number of primary amides is 1. The predicted molar refractivity (Wildman–Crippen MR) is 99.0 cm³/mol. The molecule has 0 spiro atoms. The number of benzene rings is 2. The van der Waals surface area contributed by atoms with Gasteiger partial charge < -0.3 is 15.2 Å². The fraction of sp³-hybridized carbons (Fsp3) is 0.350. The van der Waals surface area contributed by atoms with Crippen LogP contribution in [0.3, 0.4) is 0 Å². The van der Waals surface area contributed by atoms with E-state index in [0.717, 1.165) is 23.1 Å². The molecule has 0 bridgehead atoms. The van der Waals surface area contributed by atoms with Gasteiger partial charge in [-0.25, -0.2) is 4.79 Å². The molecule has 1 atom stereocenters. The van der Waals surface area contributed by atoms with Crippen molar-refractivity contribution < 1.29 is 14.3 Å². The molecule has 2 aromatic carbocycles. The third-order valence-electron chi connectivity index (χ3n) is 4.58. The van der Waals surface area contributed by atoms with Gasteiger partial charge >= 0.3 is 6.09 Å². The number of ether oxygens (including phenoxy) is 2. The van der Waals surface area contributed by atoms with E-state index in [0.29, 0.717) is 17.4 Å². The van der Waals surface area contributed by atoms with Crippen LogP contribution in [0.15, 0.2) is 36.4 Å². The first kappa shape index (κ1) is 17.6. The fourth-order valence-corrected chi connectivity index (χ4v) is 3.73. The van der Waals surface area contributed by atoms with Crippen LogP contribution in [-0.4, -0.2) is 12.7 Å². The zero-order chi connectivity index (χ0) is 18.2. The summed E-state index contributed by atoms with van der Waals surface area (Å²) in [5.74, 6) is 0.685. The number of halogens is 1. The van der Waals surface area contributed by atoms with Gasteiger partial charge in [-0.2, -0.15) is 0 Å². The normalized spacial score (nSPS) is 17.8. The highest BCUT2D eigenvalue weighted by atomic mass is 35.5. The summed E-state index contributed by atoms with van der Waals surface area (Å²) in [4.78, 5) is 11.2. The molecule has 25 heavy (non-hydrogen) atoms. The molecular weight excluding hydrogens is 338 g/mol. The van der Waals surface area contributed by atoms with Gasteiger partial charge in [0.05, 0.1) is 11.6 Å². The number of carbonyl (C=O) groups is 1. The Balaban J connectivity index is 1.95. The second kappa shape index (κ2) is 6.60. The van der Waals surface area contributed by atoms with Crippen LogP contribution in [0, 0.1) is 5.41 Å². The molecule has 5 heteroatoms. The van der Waals surface area contributed by atoms with Gasteiger partial charge in [0.15, 0.2) is 0 Å². The Labute approximate surface area is 152 Å². The van der Waals surface area contributed by atoms with Gasteiger partial charge in [0.1, 0.15) is 11.9 Å². The zero-order valence-electron chi connectivity index (χ0n) is 14.6. The van der Waals surface area contributed by atoms with Crippen molar-refractivity contribution in [1.82, 2.24) is 0 Å². The lowest BCUT2D eigenvalue weighted by molar-refractivity contribution is 0.0392. The Morgan fingerprint density at radius 2 is 1.92 bits per heavy atom. The van der Waals surface area contributed by atoms with Crippen molar-refractivity contribution in [2.24, 2.45) is 11.1 Å². The van der Waals surface area contributed by atoms with Crippen LogP contribution < -0.4 is 10.5 Å². The Morgan fingerprint density at radius 1 is 1.24 bits per heavy atom. The Kier molecular flexibility index (Phi) is 4.65. The SMILES string of the molecule is CCOc1ccc(-c2ccc3c(c2)CC(C)(C)C3OC(N)=O)cc1Cl. The summed E-state index contributed by atoms with van der Waals surface area (Å²) in [5, 5.41) is 0.593. The number of rotatable bonds is 4. The molecule has 0 saturated carbocycles. The van der Waals surface area contributed by atoms with Crippen molar-refractivity contribution in [2.75, 3.05) is 6.61 Å². The number of amides is 1. The van der Waals surface area contributed by atoms with Crippen LogP contribution in [0.1, 0.15) is 38.0 Å². The Bertz CT molecular complexity index is 817. The van der Waals surface area contributed by atoms with Gasteiger partial charge in [-0.1, -0.05) is 49.7 Å². The fourth-order valence-electron chi connectivity index (χ4n) is 3.49. The number of hydrogen-bond donors (Lipinski definition) is 1. The van der Waals surface area contributed by atoms with E-state index < -0.39 is 6.09 Å². The second-order valence-corrected chi connectivity index (χ2v) is 7.38. The summed E-state index contributed by atoms with van der Waals surface area (Å²) in [6.45, 7) is 6.66. The highest BCUT2D eigenvalue weighted by Gasteiger charge is 2.41. The highest BCUT2D eigenvalue weighted by molar-refractivity contribution is 6.32. The zero-order valence-corrected chi connectivity index (χ0v) is 15.4. The first-order valence-corrected chi connectivity index (χ1v) is 8.71. The summed E-state index contributed by atoms with van der Waals surface area (Å²) in [5.41, 5.74) is 9.33. The lowest BCUT2D eigenvalue weighted by Crippen LogP contribution is -2.25. The number of fused-ring (bicyclic) bond motifs is 1. The minimum atomic E-state index is -0.742. The van der Waals surface area contributed by atoms with E-state index in [-0.39, 0.29) is 11.5 Å². The maximum Gasteiger partial charge on any atom is 0.405 e. The predicted octanol–water partition coefficient (Wildman–Crippen LogP) is 5.12. The highest BCUT2D eigenvalue weighted by Crippen LogP contribution is 2.48. The Morgan fingerprint density at radius 3 is 2.56 bits per heavy atom. The van der Waals surface area contributed by atoms with Crippen molar-refractivity contribution in [2.45, 2.75) is 33.3 Å². The van der Waals surface area contributed by atoms with Gasteiger partial charge in [0.2, 0.25) is 0 Å². The standard InChI is InChI=1S/C20H22ClNO3/c1-4-24-17-8-6-13(10-16(17)21)12-5-7-15-14(9-12)11-20(2,3)18(15)25-19(22)23/h5-10,18H,4,11H2,1-3H3,(H2,22,23). The molecule has 4 nitrogen and oxygen atoms in total. The van der Waals surface area contributed by atoms with Crippen LogP contribution in [0.2, 0.25) is 5.02 Å². The van der Waals surface area contributed by atoms with Gasteiger partial charge in [0, 0.05) is 5.41 Å². The maximum atomic E-state index is 11.2. The van der Waals surface area contributed by atoms with Crippen molar-refractivity contribution in [3.05, 3.63) is 52.5 Å². The topological polar surface area (TPSA) is 61.6 Å². The van der Waals surface area contributed by atoms with Crippen molar-refractivity contribution in [3.8, 4) is 16.9 Å². The van der Waals surface area contributed by atoms with Gasteiger partial charge in [0.25, 0.3) is 0 Å². The van der Waals surface area contributed by atoms with Crippen molar-refractivity contribution >= 4 is 17.7 Å². The van der Waals surface area contributed by atoms with E-state index in [1.807, 2.05) is 37.3 Å². The first-order valence-electron chi connectivity index (χ1n) is 8.33. The molecule has 1 unspecified atom stereocenters. The molecule has 0 saturated heterocycles. The van der Waals surface area contributed by atoms with E-state index in [4.69, 9.17) is 26.8 Å². The van der Waals surface area contributed by atoms with Crippen LogP contribution in [0.25, 0.3) is 11.1 Å². The molecular formula is C20H22ClNO3. The minimum absolute atomic E-state index is 0.188. The smallest absolute Gasteiger partial charge is 0.405 e. The molecule has 0 heterocycles. The van der Waals surface area contributed by atoms with E-state index >= 15 is 0 Å². The molecule has 2 N–H and O–H groups in total. The average molecular weight is 360 g/mol. The average Bonchev–Trinajstić information content (AvgIpc) is 2.78. The molecule has 2 aromatic rings. The Hall–Kier alpha value is -2.20. The van der Waals surface area contributed by atoms with Crippen LogP contribution in [0.4, 0.5) is 4.79 Å². The molecule has 1 amide bonds. The molecule has 1 aliphatic rings. The number of hydrogen-bond acceptors (Lipinski definition) is 3. The quantitative estimate of drug-likeness (QED) is 0.823. The number of nitrogens with two attached hydrogens (primary N) is 1. The van der Waals surface area contributed by atoms with E-state index in [1.54, 1.807) is 0 Å². The third-order valence-corrected chi connectivity index (χ3v) is 4.88. The van der Waals surface area contributed by atoms with Gasteiger partial charge in [-0.3, -0.25) is 0 Å². The van der Waals surface area contributed by atoms with E-state index in [9.17, 15) is 4.79 Å². The largest absolute Gasteiger partial charge is 0.492 e. The number of carbonyl (C=O) groups excluding carboxylic acids is 1. The summed E-state index contributed by atoms with van der Waals surface area (Å²) in [6.07, 6.45) is -0.245. The molecule has 1 aliphatic carbocycles. The lowest BCUT2D eigenvalue weighted by atomic mass is 9.87. The summed E-state index contributed by atoms with van der Waals surface area (Å²) in [7, 11) is 0. The monoisotopic (exact) mass is 359 g/mol. The molecule has 3 rings (SSSR count). The van der Waals surface area contributed by atoms with Crippen molar-refractivity contribution in [3.63, 3.8) is 0 Å². The molecule has 0 fully saturated rings. The van der Waals surface area contributed by atoms with E-state index in [1.165, 1.54) is 5.56 Å². The van der Waals surface area contributed by atoms with E-state index in [2.05, 4.69) is 19.9 Å². The third kappa shape index (κ3) is 3.45. The first-order chi connectivity index (χ1) is 11.8. The maximum absolute atomic E-state index is 11.2. The van der Waals surface area contributed by atoms with Crippen molar-refractivity contribution in [1.29, 1.82) is 0 Å². The summed E-state index contributed by atoms with van der Waals surface area (Å²) in [6, 6.07) is 12.0. The molecule has 0 aromatic heterocycles. The summed E-state index contributed by atoms with van der Waals surface area (Å²) < 4.78 is 10.8.